The van der Waals surface area contributed by atoms with Crippen LogP contribution < -0.4 is 9.47 Å². The molecule has 2 saturated heterocycles. The summed E-state index contributed by atoms with van der Waals surface area (Å²) in [5, 5.41) is 0. The predicted molar refractivity (Wildman–Crippen MR) is 93.5 cm³/mol. The number of rotatable bonds is 7. The van der Waals surface area contributed by atoms with Gasteiger partial charge in [0.05, 0.1) is 20.2 Å². The fraction of sp³-hybridized carbons (Fsp3) is 0.632. The lowest BCUT2D eigenvalue weighted by Crippen LogP contribution is -2.56. The van der Waals surface area contributed by atoms with Crippen molar-refractivity contribution in [2.45, 2.75) is 44.8 Å². The normalized spacial score (nSPS) is 19.8. The molecule has 5 heteroatoms. The molecule has 132 valence electrons. The zero-order valence-corrected chi connectivity index (χ0v) is 14.7. The summed E-state index contributed by atoms with van der Waals surface area (Å²) < 4.78 is 11.2. The Morgan fingerprint density at radius 2 is 1.88 bits per heavy atom. The molecule has 2 heterocycles. The first kappa shape index (κ1) is 17.1. The van der Waals surface area contributed by atoms with Crippen molar-refractivity contribution in [3.05, 3.63) is 24.3 Å². The Hall–Kier alpha value is -1.75. The number of carbonyl (C=O) groups is 1. The molecule has 0 saturated carbocycles. The number of hydrogen-bond acceptors (Lipinski definition) is 4. The Morgan fingerprint density at radius 3 is 2.54 bits per heavy atom. The van der Waals surface area contributed by atoms with Crippen LogP contribution in [0.15, 0.2) is 24.3 Å². The quantitative estimate of drug-likeness (QED) is 0.769. The van der Waals surface area contributed by atoms with E-state index in [9.17, 15) is 4.79 Å². The van der Waals surface area contributed by atoms with E-state index in [0.29, 0.717) is 25.6 Å². The number of benzene rings is 1. The van der Waals surface area contributed by atoms with Gasteiger partial charge < -0.3 is 19.3 Å². The van der Waals surface area contributed by atoms with E-state index in [-0.39, 0.29) is 12.0 Å². The van der Waals surface area contributed by atoms with Crippen LogP contribution in [-0.2, 0) is 4.79 Å². The average Bonchev–Trinajstić information content (AvgIpc) is 3.10. The van der Waals surface area contributed by atoms with E-state index < -0.39 is 0 Å². The topological polar surface area (TPSA) is 42.0 Å². The molecular weight excluding hydrogens is 304 g/mol. The third-order valence-corrected chi connectivity index (χ3v) is 5.10. The maximum absolute atomic E-state index is 12.3. The highest BCUT2D eigenvalue weighted by Crippen LogP contribution is 2.29. The molecule has 2 fully saturated rings. The van der Waals surface area contributed by atoms with Gasteiger partial charge in [-0.25, -0.2) is 0 Å². The van der Waals surface area contributed by atoms with Gasteiger partial charge in [0, 0.05) is 12.5 Å². The van der Waals surface area contributed by atoms with Gasteiger partial charge in [-0.1, -0.05) is 12.1 Å². The molecule has 2 aliphatic heterocycles. The molecule has 0 N–H and O–H groups in total. The fourth-order valence-electron chi connectivity index (χ4n) is 3.47. The van der Waals surface area contributed by atoms with Crippen LogP contribution in [0.2, 0.25) is 0 Å². The smallest absolute Gasteiger partial charge is 0.222 e. The number of amides is 1. The molecular formula is C19H28N2O3. The summed E-state index contributed by atoms with van der Waals surface area (Å²) in [6.07, 6.45) is 4.26. The van der Waals surface area contributed by atoms with Crippen LogP contribution in [0.1, 0.15) is 32.6 Å². The summed E-state index contributed by atoms with van der Waals surface area (Å²) in [6, 6.07) is 8.15. The Labute approximate surface area is 144 Å². The van der Waals surface area contributed by atoms with E-state index in [1.165, 1.54) is 25.9 Å². The van der Waals surface area contributed by atoms with Crippen LogP contribution in [0, 0.1) is 0 Å². The maximum Gasteiger partial charge on any atom is 0.222 e. The van der Waals surface area contributed by atoms with Crippen LogP contribution in [0.4, 0.5) is 0 Å². The van der Waals surface area contributed by atoms with E-state index in [1.54, 1.807) is 7.11 Å². The zero-order valence-electron chi connectivity index (χ0n) is 14.7. The first-order chi connectivity index (χ1) is 11.7. The van der Waals surface area contributed by atoms with Crippen LogP contribution in [0.5, 0.6) is 11.5 Å². The summed E-state index contributed by atoms with van der Waals surface area (Å²) >= 11 is 0. The Bertz CT molecular complexity index is 551. The standard InChI is InChI=1S/C19H28N2O3/c1-15(20-11-5-6-12-20)9-10-19(22)21-13-16(14-21)24-18-8-4-3-7-17(18)23-2/h3-4,7-8,15-16H,5-6,9-14H2,1-2H3. The SMILES string of the molecule is COc1ccccc1OC1CN(C(=O)CCC(C)N2CCCC2)C1. The van der Waals surface area contributed by atoms with E-state index >= 15 is 0 Å². The van der Waals surface area contributed by atoms with Gasteiger partial charge in [-0.2, -0.15) is 0 Å². The van der Waals surface area contributed by atoms with Crippen LogP contribution >= 0.6 is 0 Å². The largest absolute Gasteiger partial charge is 0.493 e. The third-order valence-electron chi connectivity index (χ3n) is 5.10. The summed E-state index contributed by atoms with van der Waals surface area (Å²) in [5.41, 5.74) is 0. The highest BCUT2D eigenvalue weighted by molar-refractivity contribution is 5.77. The van der Waals surface area contributed by atoms with Crippen molar-refractivity contribution in [1.29, 1.82) is 0 Å². The molecule has 0 spiro atoms. The Morgan fingerprint density at radius 1 is 1.21 bits per heavy atom. The highest BCUT2D eigenvalue weighted by atomic mass is 16.5. The third kappa shape index (κ3) is 4.01. The number of hydrogen-bond donors (Lipinski definition) is 0. The van der Waals surface area contributed by atoms with Crippen LogP contribution in [0.25, 0.3) is 0 Å². The molecule has 0 aliphatic carbocycles. The lowest BCUT2D eigenvalue weighted by molar-refractivity contribution is -0.140. The van der Waals surface area contributed by atoms with E-state index in [4.69, 9.17) is 9.47 Å². The molecule has 0 radical (unpaired) electrons. The second kappa shape index (κ2) is 7.88. The van der Waals surface area contributed by atoms with Gasteiger partial charge in [-0.15, -0.1) is 0 Å². The Kier molecular flexibility index (Phi) is 5.61. The summed E-state index contributed by atoms with van der Waals surface area (Å²) in [6.45, 7) is 5.97. The fourth-order valence-corrected chi connectivity index (χ4v) is 3.47. The lowest BCUT2D eigenvalue weighted by atomic mass is 10.1. The number of ether oxygens (including phenoxy) is 2. The number of carbonyl (C=O) groups excluding carboxylic acids is 1. The van der Waals surface area contributed by atoms with Crippen molar-refractivity contribution in [2.24, 2.45) is 0 Å². The van der Waals surface area contributed by atoms with Crippen molar-refractivity contribution >= 4 is 5.91 Å². The molecule has 1 amide bonds. The van der Waals surface area contributed by atoms with Gasteiger partial charge >= 0.3 is 0 Å². The van der Waals surface area contributed by atoms with Crippen molar-refractivity contribution in [3.63, 3.8) is 0 Å². The van der Waals surface area contributed by atoms with Crippen LogP contribution in [-0.4, -0.2) is 61.1 Å². The molecule has 2 aliphatic rings. The summed E-state index contributed by atoms with van der Waals surface area (Å²) in [7, 11) is 1.64. The number of para-hydroxylation sites is 2. The minimum absolute atomic E-state index is 0.0706. The van der Waals surface area contributed by atoms with Gasteiger partial charge in [0.2, 0.25) is 5.91 Å². The van der Waals surface area contributed by atoms with Crippen molar-refractivity contribution < 1.29 is 14.3 Å². The van der Waals surface area contributed by atoms with Crippen molar-refractivity contribution in [1.82, 2.24) is 9.80 Å². The highest BCUT2D eigenvalue weighted by Gasteiger charge is 2.32. The lowest BCUT2D eigenvalue weighted by Gasteiger charge is -2.39. The van der Waals surface area contributed by atoms with Gasteiger partial charge in [-0.05, 0) is 51.4 Å². The summed E-state index contributed by atoms with van der Waals surface area (Å²) in [5.74, 6) is 1.74. The minimum atomic E-state index is 0.0706. The first-order valence-corrected chi connectivity index (χ1v) is 8.99. The molecule has 1 aromatic rings. The molecule has 3 rings (SSSR count). The Balaban J connectivity index is 1.38. The zero-order chi connectivity index (χ0) is 16.9. The molecule has 1 unspecified atom stereocenters. The minimum Gasteiger partial charge on any atom is -0.493 e. The number of likely N-dealkylation sites (tertiary alicyclic amines) is 2. The monoisotopic (exact) mass is 332 g/mol. The second-order valence-electron chi connectivity index (χ2n) is 6.82. The maximum atomic E-state index is 12.3. The van der Waals surface area contributed by atoms with Gasteiger partial charge in [0.25, 0.3) is 0 Å². The molecule has 0 aromatic heterocycles. The molecule has 24 heavy (non-hydrogen) atoms. The molecule has 5 nitrogen and oxygen atoms in total. The predicted octanol–water partition coefficient (Wildman–Crippen LogP) is 2.55. The van der Waals surface area contributed by atoms with Crippen molar-refractivity contribution in [2.75, 3.05) is 33.3 Å². The number of nitrogens with zero attached hydrogens (tertiary/aromatic N) is 2. The van der Waals surface area contributed by atoms with E-state index in [1.807, 2.05) is 29.2 Å². The second-order valence-corrected chi connectivity index (χ2v) is 6.82. The summed E-state index contributed by atoms with van der Waals surface area (Å²) in [4.78, 5) is 16.7. The van der Waals surface area contributed by atoms with Gasteiger partial charge in [-0.3, -0.25) is 4.79 Å². The van der Waals surface area contributed by atoms with Gasteiger partial charge in [0.15, 0.2) is 11.5 Å². The van der Waals surface area contributed by atoms with E-state index in [0.717, 1.165) is 17.9 Å². The van der Waals surface area contributed by atoms with Crippen molar-refractivity contribution in [3.8, 4) is 11.5 Å². The number of methoxy groups -OCH3 is 1. The molecule has 1 aromatic carbocycles. The average molecular weight is 332 g/mol. The first-order valence-electron chi connectivity index (χ1n) is 8.99. The molecule has 0 bridgehead atoms. The molecule has 1 atom stereocenters. The van der Waals surface area contributed by atoms with E-state index in [2.05, 4.69) is 11.8 Å². The van der Waals surface area contributed by atoms with Crippen LogP contribution in [0.3, 0.4) is 0 Å². The van der Waals surface area contributed by atoms with Gasteiger partial charge in [0.1, 0.15) is 6.10 Å².